The van der Waals surface area contributed by atoms with Crippen molar-refractivity contribution < 1.29 is 23.1 Å². The predicted molar refractivity (Wildman–Crippen MR) is 75.0 cm³/mol. The quantitative estimate of drug-likeness (QED) is 0.682. The highest BCUT2D eigenvalue weighted by atomic mass is 79.9. The number of carbonyl (C=O) groups excluding carboxylic acids is 1. The molecule has 0 spiro atoms. The number of rotatable bonds is 6. The van der Waals surface area contributed by atoms with Crippen LogP contribution in [0.25, 0.3) is 0 Å². The molecule has 20 heavy (non-hydrogen) atoms. The second-order valence-corrected chi connectivity index (χ2v) is 6.39. The summed E-state index contributed by atoms with van der Waals surface area (Å²) in [6.07, 6.45) is -0.00194. The van der Waals surface area contributed by atoms with Crippen LogP contribution in [0, 0.1) is 0 Å². The predicted octanol–water partition coefficient (Wildman–Crippen LogP) is 0.562. The van der Waals surface area contributed by atoms with Gasteiger partial charge in [-0.25, -0.2) is 17.9 Å². The van der Waals surface area contributed by atoms with Crippen molar-refractivity contribution in [3.05, 3.63) is 28.2 Å². The van der Waals surface area contributed by atoms with E-state index in [0.717, 1.165) is 6.07 Å². The largest absolute Gasteiger partial charge is 0.478 e. The number of benzene rings is 1. The molecular formula is C11H13BrN2O5S. The summed E-state index contributed by atoms with van der Waals surface area (Å²) >= 11 is 3.03. The minimum absolute atomic E-state index is 0.00194. The van der Waals surface area contributed by atoms with Gasteiger partial charge in [0.05, 0.1) is 10.5 Å². The van der Waals surface area contributed by atoms with E-state index in [4.69, 9.17) is 5.11 Å². The van der Waals surface area contributed by atoms with E-state index in [1.54, 1.807) is 0 Å². The van der Waals surface area contributed by atoms with Crippen molar-refractivity contribution in [1.82, 2.24) is 10.0 Å². The number of nitrogens with one attached hydrogen (secondary N) is 2. The molecule has 0 radical (unpaired) electrons. The van der Waals surface area contributed by atoms with E-state index < -0.39 is 16.0 Å². The summed E-state index contributed by atoms with van der Waals surface area (Å²) in [5, 5.41) is 11.3. The van der Waals surface area contributed by atoms with Gasteiger partial charge in [0.1, 0.15) is 0 Å². The number of carboxylic acid groups (broad SMARTS) is 1. The Morgan fingerprint density at radius 1 is 1.35 bits per heavy atom. The highest BCUT2D eigenvalue weighted by Gasteiger charge is 2.18. The molecule has 0 aliphatic rings. The number of amides is 1. The fourth-order valence-corrected chi connectivity index (χ4v) is 2.82. The maximum absolute atomic E-state index is 11.9. The Morgan fingerprint density at radius 3 is 2.55 bits per heavy atom. The molecule has 0 saturated heterocycles. The fourth-order valence-electron chi connectivity index (χ4n) is 1.34. The van der Waals surface area contributed by atoms with Crippen molar-refractivity contribution in [2.45, 2.75) is 11.3 Å². The van der Waals surface area contributed by atoms with E-state index in [9.17, 15) is 18.0 Å². The molecule has 1 aromatic rings. The van der Waals surface area contributed by atoms with Gasteiger partial charge in [-0.15, -0.1) is 0 Å². The number of hydrogen-bond donors (Lipinski definition) is 3. The van der Waals surface area contributed by atoms with E-state index in [0.29, 0.717) is 0 Å². The molecule has 0 aromatic heterocycles. The Balaban J connectivity index is 2.90. The van der Waals surface area contributed by atoms with Crippen LogP contribution in [0.2, 0.25) is 0 Å². The summed E-state index contributed by atoms with van der Waals surface area (Å²) in [6.45, 7) is -0.0690. The number of carboxylic acids is 1. The number of halogens is 1. The van der Waals surface area contributed by atoms with Gasteiger partial charge in [0.25, 0.3) is 0 Å². The first-order valence-corrected chi connectivity index (χ1v) is 7.78. The zero-order valence-electron chi connectivity index (χ0n) is 10.5. The molecule has 0 atom stereocenters. The van der Waals surface area contributed by atoms with Crippen LogP contribution in [0.5, 0.6) is 0 Å². The van der Waals surface area contributed by atoms with Crippen LogP contribution in [0.15, 0.2) is 27.6 Å². The van der Waals surface area contributed by atoms with Gasteiger partial charge in [0.2, 0.25) is 15.9 Å². The Labute approximate surface area is 124 Å². The van der Waals surface area contributed by atoms with Gasteiger partial charge < -0.3 is 10.4 Å². The van der Waals surface area contributed by atoms with Crippen molar-refractivity contribution in [3.8, 4) is 0 Å². The van der Waals surface area contributed by atoms with Gasteiger partial charge in [0.15, 0.2) is 0 Å². The fraction of sp³-hybridized carbons (Fsp3) is 0.273. The topological polar surface area (TPSA) is 113 Å². The lowest BCUT2D eigenvalue weighted by atomic mass is 10.2. The van der Waals surface area contributed by atoms with Crippen LogP contribution < -0.4 is 10.0 Å². The van der Waals surface area contributed by atoms with E-state index in [1.165, 1.54) is 19.2 Å². The molecule has 3 N–H and O–H groups in total. The molecule has 110 valence electrons. The molecule has 1 rings (SSSR count). The third-order valence-corrected chi connectivity index (χ3v) is 4.55. The van der Waals surface area contributed by atoms with Gasteiger partial charge in [-0.3, -0.25) is 4.79 Å². The van der Waals surface area contributed by atoms with Gasteiger partial charge in [-0.1, -0.05) is 0 Å². The molecule has 0 aliphatic heterocycles. The van der Waals surface area contributed by atoms with Crippen LogP contribution in [-0.4, -0.2) is 39.0 Å². The molecular weight excluding hydrogens is 352 g/mol. The van der Waals surface area contributed by atoms with Crippen molar-refractivity contribution in [2.24, 2.45) is 0 Å². The molecule has 0 unspecified atom stereocenters. The Kier molecular flexibility index (Phi) is 5.66. The molecule has 7 nitrogen and oxygen atoms in total. The third kappa shape index (κ3) is 4.29. The van der Waals surface area contributed by atoms with E-state index >= 15 is 0 Å². The second-order valence-electron chi connectivity index (χ2n) is 3.77. The van der Waals surface area contributed by atoms with Crippen molar-refractivity contribution in [2.75, 3.05) is 13.6 Å². The van der Waals surface area contributed by atoms with Crippen molar-refractivity contribution in [1.29, 1.82) is 0 Å². The Hall–Kier alpha value is -1.45. The molecule has 0 bridgehead atoms. The average molecular weight is 365 g/mol. The summed E-state index contributed by atoms with van der Waals surface area (Å²) in [7, 11) is -2.40. The zero-order valence-corrected chi connectivity index (χ0v) is 12.9. The van der Waals surface area contributed by atoms with E-state index in [2.05, 4.69) is 26.0 Å². The standard InChI is InChI=1S/C11H13BrN2O5S/c1-13-10(15)4-5-14-20(18,19)7-2-3-9(12)8(6-7)11(16)17/h2-3,6,14H,4-5H2,1H3,(H,13,15)(H,16,17). The third-order valence-electron chi connectivity index (χ3n) is 2.40. The SMILES string of the molecule is CNC(=O)CCNS(=O)(=O)c1ccc(Br)c(C(=O)O)c1. The summed E-state index contributed by atoms with van der Waals surface area (Å²) in [4.78, 5) is 21.8. The van der Waals surface area contributed by atoms with Crippen LogP contribution >= 0.6 is 15.9 Å². The van der Waals surface area contributed by atoms with Crippen LogP contribution in [0.3, 0.4) is 0 Å². The summed E-state index contributed by atoms with van der Waals surface area (Å²) in [6, 6.07) is 3.67. The average Bonchev–Trinajstić information content (AvgIpc) is 2.38. The Bertz CT molecular complexity index is 630. The highest BCUT2D eigenvalue weighted by Crippen LogP contribution is 2.21. The molecule has 0 fully saturated rings. The highest BCUT2D eigenvalue weighted by molar-refractivity contribution is 9.10. The maximum Gasteiger partial charge on any atom is 0.336 e. The monoisotopic (exact) mass is 364 g/mol. The number of sulfonamides is 1. The number of hydrogen-bond acceptors (Lipinski definition) is 4. The lowest BCUT2D eigenvalue weighted by Gasteiger charge is -2.08. The van der Waals surface area contributed by atoms with Crippen LogP contribution in [0.4, 0.5) is 0 Å². The number of carbonyl (C=O) groups is 2. The first-order valence-electron chi connectivity index (χ1n) is 5.51. The van der Waals surface area contributed by atoms with Crippen molar-refractivity contribution >= 4 is 37.8 Å². The molecule has 1 amide bonds. The van der Waals surface area contributed by atoms with Crippen LogP contribution in [0.1, 0.15) is 16.8 Å². The van der Waals surface area contributed by atoms with Crippen LogP contribution in [-0.2, 0) is 14.8 Å². The van der Waals surface area contributed by atoms with Gasteiger partial charge >= 0.3 is 5.97 Å². The minimum atomic E-state index is -3.85. The smallest absolute Gasteiger partial charge is 0.336 e. The normalized spacial score (nSPS) is 11.1. The first-order chi connectivity index (χ1) is 9.27. The van der Waals surface area contributed by atoms with E-state index in [1.807, 2.05) is 0 Å². The maximum atomic E-state index is 11.9. The Morgan fingerprint density at radius 2 is 2.00 bits per heavy atom. The van der Waals surface area contributed by atoms with Crippen molar-refractivity contribution in [3.63, 3.8) is 0 Å². The van der Waals surface area contributed by atoms with Gasteiger partial charge in [-0.05, 0) is 34.1 Å². The summed E-state index contributed by atoms with van der Waals surface area (Å²) in [5.74, 6) is -1.53. The minimum Gasteiger partial charge on any atom is -0.478 e. The lowest BCUT2D eigenvalue weighted by Crippen LogP contribution is -2.29. The molecule has 1 aromatic carbocycles. The number of aromatic carboxylic acids is 1. The molecule has 0 heterocycles. The first kappa shape index (κ1) is 16.6. The zero-order chi connectivity index (χ0) is 15.3. The summed E-state index contributed by atoms with van der Waals surface area (Å²) in [5.41, 5.74) is -0.154. The van der Waals surface area contributed by atoms with Gasteiger partial charge in [0, 0.05) is 24.5 Å². The van der Waals surface area contributed by atoms with Gasteiger partial charge in [-0.2, -0.15) is 0 Å². The molecule has 0 aliphatic carbocycles. The second kappa shape index (κ2) is 6.82. The summed E-state index contributed by atoms with van der Waals surface area (Å²) < 4.78 is 26.4. The molecule has 0 saturated carbocycles. The van der Waals surface area contributed by atoms with E-state index in [-0.39, 0.29) is 33.8 Å². The molecule has 9 heteroatoms. The lowest BCUT2D eigenvalue weighted by molar-refractivity contribution is -0.120.